The lowest BCUT2D eigenvalue weighted by Gasteiger charge is -2.30. The Morgan fingerprint density at radius 1 is 1.32 bits per heavy atom. The number of carbonyl (C=O) groups is 3. The average Bonchev–Trinajstić information content (AvgIpc) is 2.61. The van der Waals surface area contributed by atoms with Crippen molar-refractivity contribution in [2.75, 3.05) is 25.5 Å². The lowest BCUT2D eigenvalue weighted by atomic mass is 10.2. The molecule has 0 aliphatic carbocycles. The first kappa shape index (κ1) is 19.0. The van der Waals surface area contributed by atoms with Gasteiger partial charge in [-0.2, -0.15) is 0 Å². The van der Waals surface area contributed by atoms with Crippen molar-refractivity contribution in [2.24, 2.45) is 4.99 Å². The van der Waals surface area contributed by atoms with Gasteiger partial charge in [0.15, 0.2) is 5.17 Å². The van der Waals surface area contributed by atoms with Crippen LogP contribution < -0.4 is 5.32 Å². The summed E-state index contributed by atoms with van der Waals surface area (Å²) in [5.74, 6) is -0.801. The molecule has 1 aliphatic rings. The van der Waals surface area contributed by atoms with Gasteiger partial charge in [-0.1, -0.05) is 11.8 Å². The Bertz CT molecular complexity index is 688. The largest absolute Gasteiger partial charge is 0.465 e. The van der Waals surface area contributed by atoms with Crippen LogP contribution in [0.15, 0.2) is 29.3 Å². The van der Waals surface area contributed by atoms with Crippen LogP contribution in [0.5, 0.6) is 0 Å². The van der Waals surface area contributed by atoms with Gasteiger partial charge in [0.25, 0.3) is 0 Å². The van der Waals surface area contributed by atoms with Gasteiger partial charge >= 0.3 is 5.97 Å². The molecule has 1 aromatic rings. The Balaban J connectivity index is 2.06. The van der Waals surface area contributed by atoms with Gasteiger partial charge < -0.3 is 10.1 Å². The number of methoxy groups -OCH3 is 1. The molecule has 0 aromatic heterocycles. The first-order valence-corrected chi connectivity index (χ1v) is 8.88. The van der Waals surface area contributed by atoms with Crippen LogP contribution in [-0.2, 0) is 14.3 Å². The summed E-state index contributed by atoms with van der Waals surface area (Å²) < 4.78 is 4.63. The number of nitrogens with zero attached hydrogens (tertiary/aromatic N) is 2. The number of amidine groups is 1. The lowest BCUT2D eigenvalue weighted by Crippen LogP contribution is -2.45. The molecule has 0 radical (unpaired) electrons. The molecule has 1 heterocycles. The molecule has 1 atom stereocenters. The highest BCUT2D eigenvalue weighted by molar-refractivity contribution is 8.15. The molecule has 7 nitrogen and oxygen atoms in total. The van der Waals surface area contributed by atoms with Crippen molar-refractivity contribution in [1.29, 1.82) is 0 Å². The molecule has 0 unspecified atom stereocenters. The number of esters is 1. The predicted molar refractivity (Wildman–Crippen MR) is 97.8 cm³/mol. The topological polar surface area (TPSA) is 88.1 Å². The fraction of sp³-hybridized carbons (Fsp3) is 0.412. The molecule has 1 saturated heterocycles. The van der Waals surface area contributed by atoms with Gasteiger partial charge in [0, 0.05) is 25.2 Å². The molecular weight excluding hydrogens is 342 g/mol. The van der Waals surface area contributed by atoms with E-state index in [1.165, 1.54) is 18.9 Å². The molecule has 1 N–H and O–H groups in total. The van der Waals surface area contributed by atoms with Crippen LogP contribution in [0.2, 0.25) is 0 Å². The number of anilines is 1. The Hall–Kier alpha value is -2.35. The van der Waals surface area contributed by atoms with Gasteiger partial charge in [-0.05, 0) is 38.1 Å². The van der Waals surface area contributed by atoms with Crippen LogP contribution in [0.4, 0.5) is 5.69 Å². The summed E-state index contributed by atoms with van der Waals surface area (Å²) >= 11 is 1.30. The minimum Gasteiger partial charge on any atom is -0.465 e. The summed E-state index contributed by atoms with van der Waals surface area (Å²) in [5.41, 5.74) is 0.955. The second-order valence-electron chi connectivity index (χ2n) is 5.26. The van der Waals surface area contributed by atoms with Gasteiger partial charge in [-0.15, -0.1) is 0 Å². The number of thioether (sulfide) groups is 1. The van der Waals surface area contributed by atoms with Crippen molar-refractivity contribution in [3.05, 3.63) is 29.8 Å². The zero-order chi connectivity index (χ0) is 18.4. The normalized spacial score (nSPS) is 19.0. The van der Waals surface area contributed by atoms with Crippen molar-refractivity contribution in [1.82, 2.24) is 4.90 Å². The Kier molecular flexibility index (Phi) is 6.58. The third kappa shape index (κ3) is 4.60. The standard InChI is InChI=1S/C17H21N3O4S/c1-4-18-17-20(5-2)14(21)10-13(25-17)15(22)19-12-8-6-11(7-9-12)16(23)24-3/h6-9,13H,4-5,10H2,1-3H3,(H,19,22)/t13-/m0/s1. The molecule has 1 fully saturated rings. The van der Waals surface area contributed by atoms with Crippen LogP contribution >= 0.6 is 11.8 Å². The minimum absolute atomic E-state index is 0.102. The zero-order valence-corrected chi connectivity index (χ0v) is 15.3. The van der Waals surface area contributed by atoms with Crippen molar-refractivity contribution in [3.8, 4) is 0 Å². The van der Waals surface area contributed by atoms with Crippen LogP contribution in [0.1, 0.15) is 30.6 Å². The van der Waals surface area contributed by atoms with Gasteiger partial charge in [0.1, 0.15) is 5.25 Å². The lowest BCUT2D eigenvalue weighted by molar-refractivity contribution is -0.129. The molecule has 134 valence electrons. The molecule has 2 amide bonds. The molecular formula is C17H21N3O4S. The summed E-state index contributed by atoms with van der Waals surface area (Å²) in [4.78, 5) is 42.1. The zero-order valence-electron chi connectivity index (χ0n) is 14.4. The maximum absolute atomic E-state index is 12.5. The van der Waals surface area contributed by atoms with Gasteiger partial charge in [0.05, 0.1) is 12.7 Å². The molecule has 1 aromatic carbocycles. The quantitative estimate of drug-likeness (QED) is 0.810. The van der Waals surface area contributed by atoms with Gasteiger partial charge in [0.2, 0.25) is 11.8 Å². The first-order chi connectivity index (χ1) is 12.0. The van der Waals surface area contributed by atoms with Crippen molar-refractivity contribution < 1.29 is 19.1 Å². The van der Waals surface area contributed by atoms with E-state index < -0.39 is 11.2 Å². The number of hydrogen-bond acceptors (Lipinski definition) is 6. The van der Waals surface area contributed by atoms with Crippen LogP contribution in [-0.4, -0.2) is 53.3 Å². The highest BCUT2D eigenvalue weighted by Gasteiger charge is 2.34. The fourth-order valence-corrected chi connectivity index (χ4v) is 3.56. The molecule has 0 spiro atoms. The van der Waals surface area contributed by atoms with E-state index in [-0.39, 0.29) is 18.2 Å². The minimum atomic E-state index is -0.527. The van der Waals surface area contributed by atoms with Crippen LogP contribution in [0.3, 0.4) is 0 Å². The SMILES string of the molecule is CCN=C1S[C@H](C(=O)Nc2ccc(C(=O)OC)cc2)CC(=O)N1CC. The second-order valence-corrected chi connectivity index (χ2v) is 6.43. The summed E-state index contributed by atoms with van der Waals surface area (Å²) in [6.45, 7) is 4.86. The van der Waals surface area contributed by atoms with Crippen LogP contribution in [0, 0.1) is 0 Å². The third-order valence-corrected chi connectivity index (χ3v) is 4.84. The van der Waals surface area contributed by atoms with E-state index in [9.17, 15) is 14.4 Å². The van der Waals surface area contributed by atoms with E-state index in [0.717, 1.165) is 0 Å². The average molecular weight is 363 g/mol. The van der Waals surface area contributed by atoms with E-state index in [1.54, 1.807) is 29.2 Å². The number of nitrogens with one attached hydrogen (secondary N) is 1. The summed E-state index contributed by atoms with van der Waals surface area (Å²) in [5, 5.41) is 2.83. The van der Waals surface area contributed by atoms with E-state index in [1.807, 2.05) is 13.8 Å². The Labute approximate surface area is 150 Å². The first-order valence-electron chi connectivity index (χ1n) is 8.00. The van der Waals surface area contributed by atoms with E-state index in [4.69, 9.17) is 0 Å². The van der Waals surface area contributed by atoms with Crippen LogP contribution in [0.25, 0.3) is 0 Å². The molecule has 8 heteroatoms. The monoisotopic (exact) mass is 363 g/mol. The van der Waals surface area contributed by atoms with E-state index in [0.29, 0.717) is 29.5 Å². The third-order valence-electron chi connectivity index (χ3n) is 3.62. The van der Waals surface area contributed by atoms with Crippen molar-refractivity contribution in [2.45, 2.75) is 25.5 Å². The maximum Gasteiger partial charge on any atom is 0.337 e. The summed E-state index contributed by atoms with van der Waals surface area (Å²) in [6, 6.07) is 6.39. The molecule has 2 rings (SSSR count). The number of amides is 2. The number of hydrogen-bond donors (Lipinski definition) is 1. The fourth-order valence-electron chi connectivity index (χ4n) is 2.35. The second kappa shape index (κ2) is 8.66. The predicted octanol–water partition coefficient (Wildman–Crippen LogP) is 2.14. The van der Waals surface area contributed by atoms with E-state index in [2.05, 4.69) is 15.0 Å². The highest BCUT2D eigenvalue weighted by Crippen LogP contribution is 2.27. The molecule has 0 saturated carbocycles. The molecule has 1 aliphatic heterocycles. The Morgan fingerprint density at radius 2 is 2.00 bits per heavy atom. The Morgan fingerprint density at radius 3 is 2.56 bits per heavy atom. The smallest absolute Gasteiger partial charge is 0.337 e. The van der Waals surface area contributed by atoms with Crippen molar-refractivity contribution >= 4 is 40.4 Å². The number of ether oxygens (including phenoxy) is 1. The summed E-state index contributed by atoms with van der Waals surface area (Å²) in [7, 11) is 1.31. The van der Waals surface area contributed by atoms with Gasteiger partial charge in [-0.3, -0.25) is 19.5 Å². The summed E-state index contributed by atoms with van der Waals surface area (Å²) in [6.07, 6.45) is 0.132. The molecule has 25 heavy (non-hydrogen) atoms. The van der Waals surface area contributed by atoms with Crippen molar-refractivity contribution in [3.63, 3.8) is 0 Å². The maximum atomic E-state index is 12.5. The van der Waals surface area contributed by atoms with Gasteiger partial charge in [-0.25, -0.2) is 4.79 Å². The number of benzene rings is 1. The highest BCUT2D eigenvalue weighted by atomic mass is 32.2. The number of carbonyl (C=O) groups excluding carboxylic acids is 3. The van der Waals surface area contributed by atoms with E-state index >= 15 is 0 Å². The number of aliphatic imine (C=N–C) groups is 1. The molecule has 0 bridgehead atoms. The number of rotatable bonds is 5.